The fourth-order valence-corrected chi connectivity index (χ4v) is 10.7. The molecular formula is C58H43NO. The van der Waals surface area contributed by atoms with Crippen molar-refractivity contribution in [3.63, 3.8) is 0 Å². The molecule has 60 heavy (non-hydrogen) atoms. The molecule has 1 heterocycles. The number of fused-ring (bicyclic) bond motifs is 10. The van der Waals surface area contributed by atoms with Crippen LogP contribution in [-0.2, 0) is 10.8 Å². The number of hydrogen-bond acceptors (Lipinski definition) is 2. The zero-order valence-electron chi connectivity index (χ0n) is 34.3. The normalized spacial score (nSPS) is 14.3. The first-order chi connectivity index (χ1) is 29.3. The molecule has 0 aliphatic heterocycles. The summed E-state index contributed by atoms with van der Waals surface area (Å²) < 4.78 is 6.52. The topological polar surface area (TPSA) is 16.4 Å². The van der Waals surface area contributed by atoms with Crippen LogP contribution in [0.4, 0.5) is 17.1 Å². The van der Waals surface area contributed by atoms with Crippen LogP contribution in [0.15, 0.2) is 192 Å². The number of hydrogen-bond donors (Lipinski definition) is 0. The number of rotatable bonds is 5. The molecule has 0 spiro atoms. The van der Waals surface area contributed by atoms with Crippen LogP contribution in [0.25, 0.3) is 77.2 Å². The van der Waals surface area contributed by atoms with Gasteiger partial charge in [-0.25, -0.2) is 0 Å². The number of nitrogens with zero attached hydrogens (tertiary/aromatic N) is 1. The van der Waals surface area contributed by atoms with E-state index in [0.717, 1.165) is 38.9 Å². The van der Waals surface area contributed by atoms with Crippen LogP contribution < -0.4 is 4.90 Å². The molecule has 10 aromatic rings. The Morgan fingerprint density at radius 1 is 0.367 bits per heavy atom. The molecule has 286 valence electrons. The Kier molecular flexibility index (Phi) is 7.36. The first kappa shape index (κ1) is 34.8. The van der Waals surface area contributed by atoms with Crippen LogP contribution >= 0.6 is 0 Å². The van der Waals surface area contributed by atoms with Crippen LogP contribution in [0.2, 0.25) is 0 Å². The monoisotopic (exact) mass is 769 g/mol. The van der Waals surface area contributed by atoms with Crippen molar-refractivity contribution >= 4 is 49.8 Å². The fraction of sp³-hybridized carbons (Fsp3) is 0.103. The number of benzene rings is 9. The van der Waals surface area contributed by atoms with Gasteiger partial charge in [-0.1, -0.05) is 179 Å². The summed E-state index contributed by atoms with van der Waals surface area (Å²) in [5.41, 5.74) is 20.5. The highest BCUT2D eigenvalue weighted by Gasteiger charge is 2.39. The van der Waals surface area contributed by atoms with Gasteiger partial charge in [-0.2, -0.15) is 0 Å². The summed E-state index contributed by atoms with van der Waals surface area (Å²) in [4.78, 5) is 2.50. The smallest absolute Gasteiger partial charge is 0.143 e. The van der Waals surface area contributed by atoms with Gasteiger partial charge in [0, 0.05) is 44.1 Å². The summed E-state index contributed by atoms with van der Waals surface area (Å²) in [6.45, 7) is 9.46. The Morgan fingerprint density at radius 3 is 1.70 bits per heavy atom. The Hall–Kier alpha value is -7.16. The first-order valence-electron chi connectivity index (χ1n) is 21.1. The van der Waals surface area contributed by atoms with Crippen molar-refractivity contribution < 1.29 is 4.42 Å². The molecule has 0 unspecified atom stereocenters. The highest BCUT2D eigenvalue weighted by Crippen LogP contribution is 2.56. The van der Waals surface area contributed by atoms with E-state index in [1.54, 1.807) is 0 Å². The Labute approximate surface area is 351 Å². The van der Waals surface area contributed by atoms with Crippen LogP contribution in [-0.4, -0.2) is 0 Å². The summed E-state index contributed by atoms with van der Waals surface area (Å²) in [6, 6.07) is 69.3. The lowest BCUT2D eigenvalue weighted by atomic mass is 9.82. The molecule has 0 amide bonds. The van der Waals surface area contributed by atoms with Crippen molar-refractivity contribution in [1.82, 2.24) is 0 Å². The third-order valence-corrected chi connectivity index (χ3v) is 13.7. The van der Waals surface area contributed by atoms with Gasteiger partial charge in [0.1, 0.15) is 11.2 Å². The lowest BCUT2D eigenvalue weighted by molar-refractivity contribution is 0.660. The minimum Gasteiger partial charge on any atom is -0.455 e. The summed E-state index contributed by atoms with van der Waals surface area (Å²) in [5, 5.41) is 4.71. The molecule has 2 aliphatic rings. The zero-order chi connectivity index (χ0) is 40.3. The van der Waals surface area contributed by atoms with Crippen molar-refractivity contribution in [3.05, 3.63) is 210 Å². The fourth-order valence-electron chi connectivity index (χ4n) is 10.7. The van der Waals surface area contributed by atoms with E-state index in [4.69, 9.17) is 4.42 Å². The lowest BCUT2D eigenvalue weighted by Crippen LogP contribution is -2.17. The van der Waals surface area contributed by atoms with Crippen molar-refractivity contribution in [3.8, 4) is 44.5 Å². The maximum absolute atomic E-state index is 6.52. The maximum atomic E-state index is 6.52. The van der Waals surface area contributed by atoms with Crippen molar-refractivity contribution in [2.75, 3.05) is 4.90 Å². The van der Waals surface area contributed by atoms with Gasteiger partial charge in [0.05, 0.1) is 5.69 Å². The average Bonchev–Trinajstić information content (AvgIpc) is 3.87. The molecule has 0 bridgehead atoms. The van der Waals surface area contributed by atoms with E-state index in [9.17, 15) is 0 Å². The summed E-state index contributed by atoms with van der Waals surface area (Å²) in [6.07, 6.45) is 0. The van der Waals surface area contributed by atoms with E-state index >= 15 is 0 Å². The van der Waals surface area contributed by atoms with Gasteiger partial charge in [-0.15, -0.1) is 0 Å². The van der Waals surface area contributed by atoms with Crippen LogP contribution in [0.1, 0.15) is 49.9 Å². The van der Waals surface area contributed by atoms with E-state index in [1.807, 2.05) is 6.07 Å². The zero-order valence-corrected chi connectivity index (χ0v) is 34.3. The maximum Gasteiger partial charge on any atom is 0.143 e. The number of para-hydroxylation sites is 2. The van der Waals surface area contributed by atoms with Gasteiger partial charge in [0.15, 0.2) is 0 Å². The predicted octanol–water partition coefficient (Wildman–Crippen LogP) is 16.2. The molecule has 0 atom stereocenters. The summed E-state index contributed by atoms with van der Waals surface area (Å²) >= 11 is 0. The highest BCUT2D eigenvalue weighted by atomic mass is 16.3. The molecule has 2 nitrogen and oxygen atoms in total. The van der Waals surface area contributed by atoms with Crippen molar-refractivity contribution in [1.29, 1.82) is 0 Å². The molecule has 0 radical (unpaired) electrons. The first-order valence-corrected chi connectivity index (χ1v) is 21.1. The van der Waals surface area contributed by atoms with Crippen molar-refractivity contribution in [2.24, 2.45) is 0 Å². The second-order valence-electron chi connectivity index (χ2n) is 17.6. The molecule has 9 aromatic carbocycles. The molecular weight excluding hydrogens is 727 g/mol. The standard InChI is InChI=1S/C58H43NO/c1-57(2)50-23-11-8-19-48(50)55-51(57)24-14-25-53(55)59(38-31-32-44-43-17-7-10-22-49(43)58(3,4)52(44)35-38)37-29-27-36(28-30-37)39-33-34-42(41-16-6-5-15-40(39)41)46-20-13-21-47-45-18-9-12-26-54(45)60-56(46)47/h5-35H,1-4H3. The van der Waals surface area contributed by atoms with Gasteiger partial charge < -0.3 is 9.32 Å². The Bertz CT molecular complexity index is 3380. The predicted molar refractivity (Wildman–Crippen MR) is 252 cm³/mol. The molecule has 2 aliphatic carbocycles. The average molecular weight is 770 g/mol. The Balaban J connectivity index is 1.01. The van der Waals surface area contributed by atoms with Gasteiger partial charge in [0.2, 0.25) is 0 Å². The molecule has 2 heteroatoms. The third kappa shape index (κ3) is 4.88. The van der Waals surface area contributed by atoms with Gasteiger partial charge in [0.25, 0.3) is 0 Å². The molecule has 0 saturated heterocycles. The van der Waals surface area contributed by atoms with E-state index in [0.29, 0.717) is 0 Å². The summed E-state index contributed by atoms with van der Waals surface area (Å²) in [7, 11) is 0. The SMILES string of the molecule is CC1(C)c2ccccc2-c2ccc(N(c3ccc(-c4ccc(-c5cccc6c5oc5ccccc56)c5ccccc45)cc3)c3cccc4c3-c3ccccc3C4(C)C)cc21. The largest absolute Gasteiger partial charge is 0.455 e. The third-order valence-electron chi connectivity index (χ3n) is 13.7. The number of anilines is 3. The molecule has 0 N–H and O–H groups in total. The molecule has 0 saturated carbocycles. The molecule has 12 rings (SSSR count). The van der Waals surface area contributed by atoms with E-state index in [2.05, 4.69) is 215 Å². The van der Waals surface area contributed by atoms with Gasteiger partial charge >= 0.3 is 0 Å². The Morgan fingerprint density at radius 2 is 0.900 bits per heavy atom. The van der Waals surface area contributed by atoms with Crippen LogP contribution in [0, 0.1) is 0 Å². The highest BCUT2D eigenvalue weighted by molar-refractivity contribution is 6.13. The minimum absolute atomic E-state index is 0.109. The van der Waals surface area contributed by atoms with Gasteiger partial charge in [-0.05, 0) is 103 Å². The van der Waals surface area contributed by atoms with Crippen LogP contribution in [0.5, 0.6) is 0 Å². The van der Waals surface area contributed by atoms with Crippen LogP contribution in [0.3, 0.4) is 0 Å². The van der Waals surface area contributed by atoms with E-state index in [1.165, 1.54) is 77.7 Å². The van der Waals surface area contributed by atoms with E-state index < -0.39 is 0 Å². The lowest BCUT2D eigenvalue weighted by Gasteiger charge is -2.30. The number of furan rings is 1. The van der Waals surface area contributed by atoms with Crippen molar-refractivity contribution in [2.45, 2.75) is 38.5 Å². The quantitative estimate of drug-likeness (QED) is 0.173. The minimum atomic E-state index is -0.117. The van der Waals surface area contributed by atoms with Gasteiger partial charge in [-0.3, -0.25) is 0 Å². The molecule has 0 fully saturated rings. The summed E-state index contributed by atoms with van der Waals surface area (Å²) in [5.74, 6) is 0. The molecule has 1 aromatic heterocycles. The second-order valence-corrected chi connectivity index (χ2v) is 17.6. The van der Waals surface area contributed by atoms with E-state index in [-0.39, 0.29) is 10.8 Å². The second kappa shape index (κ2) is 12.7.